The summed E-state index contributed by atoms with van der Waals surface area (Å²) in [6.07, 6.45) is 4.48. The van der Waals surface area contributed by atoms with Crippen LogP contribution in [0.2, 0.25) is 0 Å². The quantitative estimate of drug-likeness (QED) is 0.781. The van der Waals surface area contributed by atoms with Crippen LogP contribution in [0.5, 0.6) is 0 Å². The summed E-state index contributed by atoms with van der Waals surface area (Å²) in [4.78, 5) is 19.4. The van der Waals surface area contributed by atoms with Gasteiger partial charge in [-0.05, 0) is 25.1 Å². The van der Waals surface area contributed by atoms with Gasteiger partial charge in [0, 0.05) is 18.6 Å². The van der Waals surface area contributed by atoms with Crippen molar-refractivity contribution in [3.63, 3.8) is 0 Å². The summed E-state index contributed by atoms with van der Waals surface area (Å²) in [5, 5.41) is 13.5. The molecule has 0 aliphatic rings. The van der Waals surface area contributed by atoms with Crippen molar-refractivity contribution < 1.29 is 14.3 Å². The van der Waals surface area contributed by atoms with Gasteiger partial charge in [0.05, 0.1) is 0 Å². The minimum absolute atomic E-state index is 0.0341. The van der Waals surface area contributed by atoms with Crippen molar-refractivity contribution in [2.75, 3.05) is 0 Å². The maximum absolute atomic E-state index is 11.3. The maximum atomic E-state index is 11.3. The minimum Gasteiger partial charge on any atom is -0.478 e. The van der Waals surface area contributed by atoms with Crippen molar-refractivity contribution in [3.05, 3.63) is 48.1 Å². The van der Waals surface area contributed by atoms with E-state index < -0.39 is 5.97 Å². The first-order chi connectivity index (χ1) is 9.65. The van der Waals surface area contributed by atoms with Gasteiger partial charge in [-0.3, -0.25) is 0 Å². The molecular weight excluding hydrogens is 260 g/mol. The minimum atomic E-state index is -1.09. The van der Waals surface area contributed by atoms with E-state index in [1.54, 1.807) is 37.5 Å². The van der Waals surface area contributed by atoms with Crippen molar-refractivity contribution in [2.24, 2.45) is 0 Å². The highest BCUT2D eigenvalue weighted by molar-refractivity contribution is 5.94. The fraction of sp³-hybridized carbons (Fsp3) is 0.0769. The fourth-order valence-electron chi connectivity index (χ4n) is 1.79. The molecule has 0 saturated heterocycles. The lowest BCUT2D eigenvalue weighted by Gasteiger charge is -1.96. The average Bonchev–Trinajstić information content (AvgIpc) is 3.05. The number of rotatable bonds is 3. The lowest BCUT2D eigenvalue weighted by molar-refractivity contribution is 0.0697. The van der Waals surface area contributed by atoms with Gasteiger partial charge in [0.15, 0.2) is 5.76 Å². The number of hydrogen-bond donors (Lipinski definition) is 1. The number of nitrogens with zero attached hydrogens (tertiary/aromatic N) is 4. The van der Waals surface area contributed by atoms with E-state index in [-0.39, 0.29) is 11.3 Å². The first-order valence-corrected chi connectivity index (χ1v) is 5.82. The monoisotopic (exact) mass is 270 g/mol. The molecular formula is C13H10N4O3. The topological polar surface area (TPSA) is 94.0 Å². The Kier molecular flexibility index (Phi) is 2.79. The van der Waals surface area contributed by atoms with E-state index in [9.17, 15) is 9.90 Å². The number of aromatic carboxylic acids is 1. The molecule has 20 heavy (non-hydrogen) atoms. The predicted molar refractivity (Wildman–Crippen MR) is 68.6 cm³/mol. The molecule has 0 aliphatic carbocycles. The van der Waals surface area contributed by atoms with Crippen molar-refractivity contribution in [2.45, 2.75) is 6.92 Å². The lowest BCUT2D eigenvalue weighted by Crippen LogP contribution is -2.00. The molecule has 100 valence electrons. The number of furan rings is 1. The van der Waals surface area contributed by atoms with E-state index in [1.165, 1.54) is 10.9 Å². The van der Waals surface area contributed by atoms with Crippen LogP contribution < -0.4 is 0 Å². The molecule has 3 rings (SSSR count). The molecule has 0 fully saturated rings. The van der Waals surface area contributed by atoms with Gasteiger partial charge in [0.1, 0.15) is 17.0 Å². The van der Waals surface area contributed by atoms with Gasteiger partial charge in [-0.15, -0.1) is 0 Å². The number of carbonyl (C=O) groups is 1. The number of aryl methyl sites for hydroxylation is 1. The van der Waals surface area contributed by atoms with E-state index in [4.69, 9.17) is 4.42 Å². The zero-order valence-electron chi connectivity index (χ0n) is 10.5. The van der Waals surface area contributed by atoms with Crippen LogP contribution in [0.1, 0.15) is 16.1 Å². The zero-order chi connectivity index (χ0) is 14.1. The molecule has 0 unspecified atom stereocenters. The summed E-state index contributed by atoms with van der Waals surface area (Å²) < 4.78 is 6.75. The van der Waals surface area contributed by atoms with Crippen molar-refractivity contribution in [3.8, 4) is 17.4 Å². The zero-order valence-corrected chi connectivity index (χ0v) is 10.5. The highest BCUT2D eigenvalue weighted by atomic mass is 16.4. The molecule has 3 aromatic heterocycles. The Morgan fingerprint density at radius 3 is 2.65 bits per heavy atom. The molecule has 0 aliphatic heterocycles. The number of aromatic nitrogens is 4. The summed E-state index contributed by atoms with van der Waals surface area (Å²) in [6.45, 7) is 1.78. The predicted octanol–water partition coefficient (Wildman–Crippen LogP) is 1.93. The van der Waals surface area contributed by atoms with Gasteiger partial charge < -0.3 is 9.52 Å². The van der Waals surface area contributed by atoms with Crippen LogP contribution >= 0.6 is 0 Å². The third-order valence-corrected chi connectivity index (χ3v) is 2.68. The van der Waals surface area contributed by atoms with Gasteiger partial charge in [0.25, 0.3) is 0 Å². The van der Waals surface area contributed by atoms with Crippen LogP contribution in [-0.4, -0.2) is 30.8 Å². The van der Waals surface area contributed by atoms with Gasteiger partial charge in [-0.25, -0.2) is 19.4 Å². The molecule has 7 nitrogen and oxygen atoms in total. The molecule has 1 N–H and O–H groups in total. The van der Waals surface area contributed by atoms with Gasteiger partial charge in [0.2, 0.25) is 5.95 Å². The summed E-state index contributed by atoms with van der Waals surface area (Å²) in [5.41, 5.74) is 0.282. The molecule has 0 atom stereocenters. The van der Waals surface area contributed by atoms with E-state index in [0.717, 1.165) is 0 Å². The second-order valence-electron chi connectivity index (χ2n) is 4.10. The smallest absolute Gasteiger partial charge is 0.339 e. The summed E-state index contributed by atoms with van der Waals surface area (Å²) in [6, 6.07) is 5.10. The van der Waals surface area contributed by atoms with Crippen LogP contribution in [0.25, 0.3) is 17.4 Å². The molecule has 0 amide bonds. The normalized spacial score (nSPS) is 10.7. The molecule has 0 radical (unpaired) electrons. The molecule has 0 saturated carbocycles. The Labute approximate surface area is 113 Å². The highest BCUT2D eigenvalue weighted by Crippen LogP contribution is 2.24. The van der Waals surface area contributed by atoms with E-state index in [1.807, 2.05) is 0 Å². The Bertz CT molecular complexity index is 761. The number of carboxylic acids is 1. The van der Waals surface area contributed by atoms with Crippen molar-refractivity contribution >= 4 is 5.97 Å². The third-order valence-electron chi connectivity index (χ3n) is 2.68. The standard InChI is InChI=1S/C13H10N4O3/c1-8-3-4-10(20-8)11-9(12(18)19)7-17(16-11)13-14-5-2-6-15-13/h2-7H,1H3,(H,18,19). The van der Waals surface area contributed by atoms with E-state index in [2.05, 4.69) is 15.1 Å². The Hall–Kier alpha value is -2.96. The van der Waals surface area contributed by atoms with Gasteiger partial charge in [-0.2, -0.15) is 5.10 Å². The molecule has 0 bridgehead atoms. The van der Waals surface area contributed by atoms with Crippen LogP contribution in [0.3, 0.4) is 0 Å². The highest BCUT2D eigenvalue weighted by Gasteiger charge is 2.20. The molecule has 7 heteroatoms. The third kappa shape index (κ3) is 2.05. The van der Waals surface area contributed by atoms with Gasteiger partial charge >= 0.3 is 5.97 Å². The van der Waals surface area contributed by atoms with Crippen LogP contribution in [0.15, 0.2) is 41.2 Å². The maximum Gasteiger partial charge on any atom is 0.339 e. The summed E-state index contributed by atoms with van der Waals surface area (Å²) >= 11 is 0. The first-order valence-electron chi connectivity index (χ1n) is 5.82. The number of carboxylic acid groups (broad SMARTS) is 1. The Morgan fingerprint density at radius 1 is 1.30 bits per heavy atom. The molecule has 3 heterocycles. The molecule has 3 aromatic rings. The first kappa shape index (κ1) is 12.1. The second kappa shape index (κ2) is 4.61. The Balaban J connectivity index is 2.15. The summed E-state index contributed by atoms with van der Waals surface area (Å²) in [7, 11) is 0. The number of hydrogen-bond acceptors (Lipinski definition) is 5. The average molecular weight is 270 g/mol. The van der Waals surface area contributed by atoms with Crippen LogP contribution in [0.4, 0.5) is 0 Å². The second-order valence-corrected chi connectivity index (χ2v) is 4.10. The van der Waals surface area contributed by atoms with Crippen molar-refractivity contribution in [1.29, 1.82) is 0 Å². The Morgan fingerprint density at radius 2 is 2.05 bits per heavy atom. The van der Waals surface area contributed by atoms with E-state index >= 15 is 0 Å². The van der Waals surface area contributed by atoms with Gasteiger partial charge in [-0.1, -0.05) is 0 Å². The van der Waals surface area contributed by atoms with Crippen molar-refractivity contribution in [1.82, 2.24) is 19.7 Å². The largest absolute Gasteiger partial charge is 0.478 e. The lowest BCUT2D eigenvalue weighted by atomic mass is 10.2. The molecule has 0 aromatic carbocycles. The molecule has 0 spiro atoms. The van der Waals surface area contributed by atoms with E-state index in [0.29, 0.717) is 17.5 Å². The van der Waals surface area contributed by atoms with Crippen LogP contribution in [-0.2, 0) is 0 Å². The SMILES string of the molecule is Cc1ccc(-c2nn(-c3ncccn3)cc2C(=O)O)o1. The fourth-order valence-corrected chi connectivity index (χ4v) is 1.79. The van der Waals surface area contributed by atoms with Crippen LogP contribution in [0, 0.1) is 6.92 Å². The summed E-state index contributed by atoms with van der Waals surface area (Å²) in [5.74, 6) is 0.289.